The number of fused-ring (bicyclic) bond motifs is 1. The summed E-state index contributed by atoms with van der Waals surface area (Å²) in [5, 5.41) is 2.82. The number of ketones is 1. The summed E-state index contributed by atoms with van der Waals surface area (Å²) in [5.41, 5.74) is 0.274. The van der Waals surface area contributed by atoms with Crippen LogP contribution in [0.5, 0.6) is 0 Å². The SMILES string of the molecule is C[C@H](CC(=O)[C@H](CC(=O)N1CCCC1C1CC1)NC(=O)C1CC2(C1)CC(F)(F)C2)c1nc2c(F)cccc2[nH]1. The van der Waals surface area contributed by atoms with E-state index in [0.717, 1.165) is 25.7 Å². The van der Waals surface area contributed by atoms with Gasteiger partial charge in [-0.2, -0.15) is 0 Å². The van der Waals surface area contributed by atoms with Crippen molar-refractivity contribution in [2.45, 2.75) is 95.1 Å². The van der Waals surface area contributed by atoms with Gasteiger partial charge in [-0.05, 0) is 62.0 Å². The molecule has 2 N–H and O–H groups in total. The van der Waals surface area contributed by atoms with Crippen LogP contribution in [-0.4, -0.2) is 57.0 Å². The molecule has 2 amide bonds. The normalized spacial score (nSPS) is 25.2. The van der Waals surface area contributed by atoms with Gasteiger partial charge in [-0.1, -0.05) is 13.0 Å². The Balaban J connectivity index is 1.14. The molecule has 4 aliphatic rings. The number of Topliss-reactive ketones (excluding diaryl/α,β-unsaturated/α-hetero) is 1. The summed E-state index contributed by atoms with van der Waals surface area (Å²) in [7, 11) is 0. The monoisotopic (exact) mass is 544 g/mol. The summed E-state index contributed by atoms with van der Waals surface area (Å²) in [6, 6.07) is 3.81. The van der Waals surface area contributed by atoms with E-state index in [9.17, 15) is 27.6 Å². The fourth-order valence-electron chi connectivity index (χ4n) is 7.20. The lowest BCUT2D eigenvalue weighted by Crippen LogP contribution is -2.58. The summed E-state index contributed by atoms with van der Waals surface area (Å²) in [5.74, 6) is -3.71. The van der Waals surface area contributed by atoms with Crippen LogP contribution in [0.2, 0.25) is 0 Å². The summed E-state index contributed by atoms with van der Waals surface area (Å²) in [6.07, 6.45) is 4.44. The Bertz CT molecular complexity index is 1290. The molecular weight excluding hydrogens is 509 g/mol. The standard InChI is InChI=1S/C29H35F3N4O3/c1-16(26-33-20-5-2-4-19(30)25(20)35-26)10-23(37)21(11-24(38)36-9-3-6-22(36)17-7-8-17)34-27(39)18-12-28(13-18)14-29(31,32)15-28/h2,4-5,16-18,21-22H,3,6-15H2,1H3,(H,33,35)(H,34,39)/t16-,21+,22?/m1/s1. The summed E-state index contributed by atoms with van der Waals surface area (Å²) >= 11 is 0. The second kappa shape index (κ2) is 9.63. The van der Waals surface area contributed by atoms with Crippen molar-refractivity contribution in [3.05, 3.63) is 29.8 Å². The maximum Gasteiger partial charge on any atom is 0.249 e. The Morgan fingerprint density at radius 3 is 2.56 bits per heavy atom. The van der Waals surface area contributed by atoms with E-state index in [1.54, 1.807) is 19.1 Å². The number of likely N-dealkylation sites (tertiary alicyclic amines) is 1. The van der Waals surface area contributed by atoms with Crippen molar-refractivity contribution in [2.75, 3.05) is 6.54 Å². The average Bonchev–Trinajstić information content (AvgIpc) is 3.38. The number of halogens is 3. The Morgan fingerprint density at radius 2 is 1.90 bits per heavy atom. The molecule has 3 aliphatic carbocycles. The van der Waals surface area contributed by atoms with Crippen LogP contribution < -0.4 is 5.32 Å². The Hall–Kier alpha value is -2.91. The first kappa shape index (κ1) is 26.3. The minimum Gasteiger partial charge on any atom is -0.346 e. The molecule has 1 aliphatic heterocycles. The van der Waals surface area contributed by atoms with E-state index < -0.39 is 35.0 Å². The fourth-order valence-corrected chi connectivity index (χ4v) is 7.20. The third-order valence-corrected chi connectivity index (χ3v) is 9.32. The van der Waals surface area contributed by atoms with E-state index in [2.05, 4.69) is 15.3 Å². The van der Waals surface area contributed by atoms with Crippen molar-refractivity contribution in [2.24, 2.45) is 17.3 Å². The van der Waals surface area contributed by atoms with Gasteiger partial charge in [0.05, 0.1) is 18.0 Å². The van der Waals surface area contributed by atoms with Gasteiger partial charge in [-0.25, -0.2) is 18.2 Å². The second-order valence-electron chi connectivity index (χ2n) is 12.5. The summed E-state index contributed by atoms with van der Waals surface area (Å²) < 4.78 is 41.0. The molecule has 4 fully saturated rings. The maximum absolute atomic E-state index is 14.1. The molecule has 1 saturated heterocycles. The minimum absolute atomic E-state index is 0.00650. The molecule has 3 atom stereocenters. The zero-order chi connectivity index (χ0) is 27.5. The molecule has 1 aromatic carbocycles. The predicted octanol–water partition coefficient (Wildman–Crippen LogP) is 4.87. The van der Waals surface area contributed by atoms with E-state index in [1.807, 2.05) is 4.90 Å². The predicted molar refractivity (Wildman–Crippen MR) is 137 cm³/mol. The van der Waals surface area contributed by atoms with Crippen LogP contribution >= 0.6 is 0 Å². The summed E-state index contributed by atoms with van der Waals surface area (Å²) in [6.45, 7) is 2.46. The lowest BCUT2D eigenvalue weighted by molar-refractivity contribution is -0.207. The van der Waals surface area contributed by atoms with Crippen LogP contribution in [0.25, 0.3) is 11.0 Å². The van der Waals surface area contributed by atoms with Gasteiger partial charge in [0.15, 0.2) is 11.6 Å². The van der Waals surface area contributed by atoms with Crippen molar-refractivity contribution in [1.82, 2.24) is 20.2 Å². The van der Waals surface area contributed by atoms with Crippen molar-refractivity contribution >= 4 is 28.6 Å². The van der Waals surface area contributed by atoms with Crippen LogP contribution in [-0.2, 0) is 14.4 Å². The van der Waals surface area contributed by atoms with Crippen molar-refractivity contribution in [3.63, 3.8) is 0 Å². The molecular formula is C29H35F3N4O3. The van der Waals surface area contributed by atoms with Gasteiger partial charge in [-0.3, -0.25) is 14.4 Å². The number of nitrogens with zero attached hydrogens (tertiary/aromatic N) is 2. The molecule has 2 heterocycles. The van der Waals surface area contributed by atoms with Crippen LogP contribution in [0.3, 0.4) is 0 Å². The van der Waals surface area contributed by atoms with E-state index in [4.69, 9.17) is 0 Å². The van der Waals surface area contributed by atoms with Gasteiger partial charge < -0.3 is 15.2 Å². The number of aromatic amines is 1. The van der Waals surface area contributed by atoms with E-state index in [0.29, 0.717) is 36.6 Å². The lowest BCUT2D eigenvalue weighted by atomic mass is 9.50. The fraction of sp³-hybridized carbons (Fsp3) is 0.655. The first-order valence-corrected chi connectivity index (χ1v) is 14.2. The number of amides is 2. The Morgan fingerprint density at radius 1 is 1.15 bits per heavy atom. The highest BCUT2D eigenvalue weighted by Crippen LogP contribution is 2.64. The Labute approximate surface area is 225 Å². The first-order chi connectivity index (χ1) is 18.5. The van der Waals surface area contributed by atoms with Gasteiger partial charge >= 0.3 is 0 Å². The number of carbonyl (C=O) groups excluding carboxylic acids is 3. The zero-order valence-corrected chi connectivity index (χ0v) is 22.2. The largest absolute Gasteiger partial charge is 0.346 e. The van der Waals surface area contributed by atoms with Gasteiger partial charge in [0, 0.05) is 43.7 Å². The number of hydrogen-bond donors (Lipinski definition) is 2. The molecule has 6 rings (SSSR count). The molecule has 10 heteroatoms. The number of imidazole rings is 1. The number of para-hydroxylation sites is 1. The molecule has 7 nitrogen and oxygen atoms in total. The highest BCUT2D eigenvalue weighted by molar-refractivity contribution is 5.94. The van der Waals surface area contributed by atoms with Crippen molar-refractivity contribution < 1.29 is 27.6 Å². The molecule has 2 aromatic rings. The van der Waals surface area contributed by atoms with Crippen LogP contribution in [0.4, 0.5) is 13.2 Å². The van der Waals surface area contributed by atoms with Crippen molar-refractivity contribution in [1.29, 1.82) is 0 Å². The van der Waals surface area contributed by atoms with Gasteiger partial charge in [-0.15, -0.1) is 0 Å². The van der Waals surface area contributed by atoms with E-state index >= 15 is 0 Å². The van der Waals surface area contributed by atoms with Crippen LogP contribution in [0.15, 0.2) is 18.2 Å². The van der Waals surface area contributed by atoms with Gasteiger partial charge in [0.1, 0.15) is 11.3 Å². The third kappa shape index (κ3) is 5.18. The number of carbonyl (C=O) groups is 3. The lowest BCUT2D eigenvalue weighted by Gasteiger charge is -2.56. The number of alkyl halides is 2. The molecule has 39 heavy (non-hydrogen) atoms. The maximum atomic E-state index is 14.1. The highest BCUT2D eigenvalue weighted by atomic mass is 19.3. The van der Waals surface area contributed by atoms with E-state index in [1.165, 1.54) is 6.07 Å². The number of benzene rings is 1. The Kier molecular flexibility index (Phi) is 6.50. The van der Waals surface area contributed by atoms with Crippen LogP contribution in [0.1, 0.15) is 82.9 Å². The number of nitrogens with one attached hydrogen (secondary N) is 2. The van der Waals surface area contributed by atoms with E-state index in [-0.39, 0.29) is 54.8 Å². The molecule has 0 bridgehead atoms. The topological polar surface area (TPSA) is 95.2 Å². The number of H-pyrrole nitrogens is 1. The molecule has 3 saturated carbocycles. The third-order valence-electron chi connectivity index (χ3n) is 9.32. The van der Waals surface area contributed by atoms with Gasteiger partial charge in [0.2, 0.25) is 17.7 Å². The molecule has 1 unspecified atom stereocenters. The van der Waals surface area contributed by atoms with Crippen molar-refractivity contribution in [3.8, 4) is 0 Å². The number of hydrogen-bond acceptors (Lipinski definition) is 4. The quantitative estimate of drug-likeness (QED) is 0.471. The molecule has 210 valence electrons. The molecule has 1 aromatic heterocycles. The average molecular weight is 545 g/mol. The highest BCUT2D eigenvalue weighted by Gasteiger charge is 2.63. The number of aromatic nitrogens is 2. The smallest absolute Gasteiger partial charge is 0.249 e. The minimum atomic E-state index is -2.64. The zero-order valence-electron chi connectivity index (χ0n) is 22.2. The van der Waals surface area contributed by atoms with Gasteiger partial charge in [0.25, 0.3) is 0 Å². The summed E-state index contributed by atoms with van der Waals surface area (Å²) in [4.78, 5) is 49.3. The first-order valence-electron chi connectivity index (χ1n) is 14.2. The molecule has 0 radical (unpaired) electrons. The molecule has 1 spiro atoms. The number of rotatable bonds is 9. The second-order valence-corrected chi connectivity index (χ2v) is 12.5. The van der Waals surface area contributed by atoms with Crippen LogP contribution in [0, 0.1) is 23.1 Å².